The molecule has 0 radical (unpaired) electrons. The van der Waals surface area contributed by atoms with E-state index in [4.69, 9.17) is 4.74 Å². The van der Waals surface area contributed by atoms with Gasteiger partial charge in [-0.3, -0.25) is 19.8 Å². The maximum Gasteiger partial charge on any atom is 0.434 e. The summed E-state index contributed by atoms with van der Waals surface area (Å²) in [5.41, 5.74) is 1.45. The molecule has 0 atom stereocenters. The lowest BCUT2D eigenvalue weighted by atomic mass is 9.93. The maximum absolute atomic E-state index is 13.1. The van der Waals surface area contributed by atoms with Gasteiger partial charge in [0.05, 0.1) is 12.6 Å². The number of imidazole rings is 1. The zero-order chi connectivity index (χ0) is 23.7. The first-order chi connectivity index (χ1) is 15.8. The van der Waals surface area contributed by atoms with Gasteiger partial charge in [0, 0.05) is 23.2 Å². The summed E-state index contributed by atoms with van der Waals surface area (Å²) in [6.07, 6.45) is 1.98. The lowest BCUT2D eigenvalue weighted by Gasteiger charge is -2.27. The van der Waals surface area contributed by atoms with Gasteiger partial charge in [0.25, 0.3) is 11.8 Å². The van der Waals surface area contributed by atoms with E-state index in [1.165, 1.54) is 28.8 Å². The number of anilines is 1. The standard InChI is InChI=1S/C22H21N5O6/c1-3-4-8-26-19(28)16-7-5-6-13-9-14(10-17(18(13)16)20(26)29)24-22(30)33-12-15-11-23-21(25(15)2)27(31)32/h5-7,9-11H,3-4,8,12H2,1-2H3,(H,24,30). The summed E-state index contributed by atoms with van der Waals surface area (Å²) in [6, 6.07) is 8.35. The minimum Gasteiger partial charge on any atom is -0.441 e. The molecular formula is C22H21N5O6. The van der Waals surface area contributed by atoms with Crippen LogP contribution in [0.4, 0.5) is 16.4 Å². The van der Waals surface area contributed by atoms with Crippen molar-refractivity contribution < 1.29 is 24.0 Å². The first-order valence-electron chi connectivity index (χ1n) is 10.3. The molecule has 2 heterocycles. The van der Waals surface area contributed by atoms with Crippen molar-refractivity contribution >= 4 is 40.3 Å². The van der Waals surface area contributed by atoms with Crippen molar-refractivity contribution in [1.29, 1.82) is 0 Å². The Morgan fingerprint density at radius 2 is 1.97 bits per heavy atom. The molecule has 3 amide bonds. The highest BCUT2D eigenvalue weighted by Gasteiger charge is 2.32. The molecule has 1 aromatic heterocycles. The van der Waals surface area contributed by atoms with Crippen LogP contribution in [0, 0.1) is 10.1 Å². The molecule has 11 nitrogen and oxygen atoms in total. The second-order valence-electron chi connectivity index (χ2n) is 7.61. The van der Waals surface area contributed by atoms with Gasteiger partial charge >= 0.3 is 12.0 Å². The molecule has 2 aromatic carbocycles. The summed E-state index contributed by atoms with van der Waals surface area (Å²) in [4.78, 5) is 53.4. The van der Waals surface area contributed by atoms with E-state index < -0.39 is 16.9 Å². The number of nitro groups is 1. The van der Waals surface area contributed by atoms with Gasteiger partial charge in [0.1, 0.15) is 6.20 Å². The first kappa shape index (κ1) is 21.9. The van der Waals surface area contributed by atoms with Crippen LogP contribution in [0.2, 0.25) is 0 Å². The van der Waals surface area contributed by atoms with Gasteiger partial charge in [-0.05, 0) is 34.9 Å². The fourth-order valence-corrected chi connectivity index (χ4v) is 3.78. The average molecular weight is 451 g/mol. The fourth-order valence-electron chi connectivity index (χ4n) is 3.78. The lowest BCUT2D eigenvalue weighted by molar-refractivity contribution is -0.396. The number of benzene rings is 2. The minimum atomic E-state index is -0.802. The van der Waals surface area contributed by atoms with Crippen LogP contribution in [0.25, 0.3) is 10.8 Å². The molecule has 11 heteroatoms. The Morgan fingerprint density at radius 3 is 2.67 bits per heavy atom. The van der Waals surface area contributed by atoms with Crippen LogP contribution in [0.15, 0.2) is 36.5 Å². The number of nitrogens with zero attached hydrogens (tertiary/aromatic N) is 4. The Bertz CT molecular complexity index is 1300. The summed E-state index contributed by atoms with van der Waals surface area (Å²) < 4.78 is 6.38. The van der Waals surface area contributed by atoms with Crippen LogP contribution in [0.5, 0.6) is 0 Å². The number of rotatable bonds is 7. The number of ether oxygens (including phenoxy) is 1. The molecule has 3 aromatic rings. The minimum absolute atomic E-state index is 0.230. The van der Waals surface area contributed by atoms with E-state index in [1.54, 1.807) is 24.3 Å². The highest BCUT2D eigenvalue weighted by atomic mass is 16.6. The highest BCUT2D eigenvalue weighted by molar-refractivity contribution is 6.26. The van der Waals surface area contributed by atoms with E-state index >= 15 is 0 Å². The van der Waals surface area contributed by atoms with Crippen LogP contribution in [0.3, 0.4) is 0 Å². The van der Waals surface area contributed by atoms with Gasteiger partial charge < -0.3 is 14.9 Å². The van der Waals surface area contributed by atoms with E-state index in [9.17, 15) is 24.5 Å². The van der Waals surface area contributed by atoms with Crippen molar-refractivity contribution in [3.8, 4) is 0 Å². The molecule has 0 spiro atoms. The summed E-state index contributed by atoms with van der Waals surface area (Å²) >= 11 is 0. The number of carbonyl (C=O) groups is 3. The quantitative estimate of drug-likeness (QED) is 0.329. The number of hydrogen-bond acceptors (Lipinski definition) is 7. The van der Waals surface area contributed by atoms with Crippen molar-refractivity contribution in [1.82, 2.24) is 14.5 Å². The topological polar surface area (TPSA) is 137 Å². The largest absolute Gasteiger partial charge is 0.441 e. The number of imide groups is 1. The summed E-state index contributed by atoms with van der Waals surface area (Å²) in [6.45, 7) is 2.07. The molecule has 0 fully saturated rings. The second-order valence-corrected chi connectivity index (χ2v) is 7.61. The normalized spacial score (nSPS) is 12.8. The summed E-state index contributed by atoms with van der Waals surface area (Å²) in [5, 5.41) is 14.7. The number of aromatic nitrogens is 2. The van der Waals surface area contributed by atoms with E-state index in [0.29, 0.717) is 46.2 Å². The second kappa shape index (κ2) is 8.69. The van der Waals surface area contributed by atoms with Crippen molar-refractivity contribution in [2.24, 2.45) is 7.05 Å². The molecule has 1 aliphatic rings. The number of hydrogen-bond donors (Lipinski definition) is 1. The molecule has 4 rings (SSSR count). The van der Waals surface area contributed by atoms with Gasteiger partial charge in [0.15, 0.2) is 12.3 Å². The predicted molar refractivity (Wildman–Crippen MR) is 118 cm³/mol. The van der Waals surface area contributed by atoms with E-state index in [2.05, 4.69) is 10.3 Å². The molecule has 0 bridgehead atoms. The van der Waals surface area contributed by atoms with Gasteiger partial charge in [-0.1, -0.05) is 30.5 Å². The van der Waals surface area contributed by atoms with Crippen LogP contribution < -0.4 is 5.32 Å². The predicted octanol–water partition coefficient (Wildman–Crippen LogP) is 3.63. The molecule has 0 unspecified atom stereocenters. The number of nitrogens with one attached hydrogen (secondary N) is 1. The Kier molecular flexibility index (Phi) is 5.78. The van der Waals surface area contributed by atoms with E-state index in [0.717, 1.165) is 6.42 Å². The third-order valence-corrected chi connectivity index (χ3v) is 5.48. The molecule has 0 saturated carbocycles. The zero-order valence-corrected chi connectivity index (χ0v) is 18.0. The molecule has 0 saturated heterocycles. The lowest BCUT2D eigenvalue weighted by Crippen LogP contribution is -2.40. The van der Waals surface area contributed by atoms with Gasteiger partial charge in [-0.25, -0.2) is 9.36 Å². The van der Waals surface area contributed by atoms with Crippen LogP contribution in [0.1, 0.15) is 46.2 Å². The Hall–Kier alpha value is -4.28. The number of carbonyl (C=O) groups excluding carboxylic acids is 3. The molecule has 1 aliphatic heterocycles. The van der Waals surface area contributed by atoms with Crippen LogP contribution in [-0.2, 0) is 18.4 Å². The number of amides is 3. The van der Waals surface area contributed by atoms with Crippen molar-refractivity contribution in [2.45, 2.75) is 26.4 Å². The van der Waals surface area contributed by atoms with Gasteiger partial charge in [-0.2, -0.15) is 0 Å². The van der Waals surface area contributed by atoms with Crippen molar-refractivity contribution in [3.63, 3.8) is 0 Å². The monoisotopic (exact) mass is 451 g/mol. The van der Waals surface area contributed by atoms with Crippen LogP contribution >= 0.6 is 0 Å². The molecule has 170 valence electrons. The molecule has 33 heavy (non-hydrogen) atoms. The molecule has 1 N–H and O–H groups in total. The zero-order valence-electron chi connectivity index (χ0n) is 18.0. The van der Waals surface area contributed by atoms with Gasteiger partial charge in [0.2, 0.25) is 0 Å². The average Bonchev–Trinajstić information content (AvgIpc) is 3.16. The third kappa shape index (κ3) is 4.00. The third-order valence-electron chi connectivity index (χ3n) is 5.48. The summed E-state index contributed by atoms with van der Waals surface area (Å²) in [5.74, 6) is -1.09. The maximum atomic E-state index is 13.1. The Balaban J connectivity index is 1.57. The smallest absolute Gasteiger partial charge is 0.434 e. The van der Waals surface area contributed by atoms with Crippen LogP contribution in [-0.4, -0.2) is 43.8 Å². The first-order valence-corrected chi connectivity index (χ1v) is 10.3. The SMILES string of the molecule is CCCCN1C(=O)c2cccc3cc(NC(=O)OCc4cnc([N+](=O)[O-])n4C)cc(c23)C1=O. The molecular weight excluding hydrogens is 430 g/mol. The summed E-state index contributed by atoms with van der Waals surface area (Å²) in [7, 11) is 1.45. The van der Waals surface area contributed by atoms with Gasteiger partial charge in [-0.15, -0.1) is 0 Å². The Labute approximate surface area is 188 Å². The van der Waals surface area contributed by atoms with E-state index in [1.807, 2.05) is 6.92 Å². The van der Waals surface area contributed by atoms with Crippen molar-refractivity contribution in [3.05, 3.63) is 63.5 Å². The van der Waals surface area contributed by atoms with E-state index in [-0.39, 0.29) is 18.5 Å². The highest BCUT2D eigenvalue weighted by Crippen LogP contribution is 2.33. The van der Waals surface area contributed by atoms with Crippen molar-refractivity contribution in [2.75, 3.05) is 11.9 Å². The Morgan fingerprint density at radius 1 is 1.21 bits per heavy atom. The molecule has 0 aliphatic carbocycles. The number of unbranched alkanes of at least 4 members (excludes halogenated alkanes) is 1. The fraction of sp³-hybridized carbons (Fsp3) is 0.273.